The van der Waals surface area contributed by atoms with Gasteiger partial charge in [-0.15, -0.1) is 0 Å². The molecule has 0 unspecified atom stereocenters. The molecule has 33 heavy (non-hydrogen) atoms. The minimum absolute atomic E-state index is 0.242. The summed E-state index contributed by atoms with van der Waals surface area (Å²) in [7, 11) is 0. The van der Waals surface area contributed by atoms with Crippen molar-refractivity contribution in [1.82, 2.24) is 9.88 Å². The lowest BCUT2D eigenvalue weighted by molar-refractivity contribution is 0.0197. The van der Waals surface area contributed by atoms with E-state index in [0.29, 0.717) is 24.6 Å². The van der Waals surface area contributed by atoms with Crippen molar-refractivity contribution in [3.05, 3.63) is 65.9 Å². The molecule has 0 saturated carbocycles. The highest BCUT2D eigenvalue weighted by molar-refractivity contribution is 6.08. The largest absolute Gasteiger partial charge is 0.444 e. The Balaban J connectivity index is 1.53. The van der Waals surface area contributed by atoms with Crippen LogP contribution in [0, 0.1) is 5.92 Å². The van der Waals surface area contributed by atoms with Gasteiger partial charge in [-0.2, -0.15) is 0 Å². The fourth-order valence-corrected chi connectivity index (χ4v) is 4.22. The molecule has 0 bridgehead atoms. The van der Waals surface area contributed by atoms with E-state index >= 15 is 0 Å². The van der Waals surface area contributed by atoms with Gasteiger partial charge in [-0.05, 0) is 68.4 Å². The molecule has 1 saturated heterocycles. The summed E-state index contributed by atoms with van der Waals surface area (Å²) in [4.78, 5) is 29.4. The van der Waals surface area contributed by atoms with E-state index in [1.165, 1.54) is 0 Å². The zero-order chi connectivity index (χ0) is 23.6. The van der Waals surface area contributed by atoms with Gasteiger partial charge in [0.25, 0.3) is 5.91 Å². The van der Waals surface area contributed by atoms with Gasteiger partial charge in [0, 0.05) is 24.7 Å². The van der Waals surface area contributed by atoms with E-state index < -0.39 is 11.5 Å². The zero-order valence-electron chi connectivity index (χ0n) is 19.4. The van der Waals surface area contributed by atoms with E-state index in [4.69, 9.17) is 10.5 Å². The molecule has 2 heterocycles. The summed E-state index contributed by atoms with van der Waals surface area (Å²) < 4.78 is 5.48. The smallest absolute Gasteiger partial charge is 0.410 e. The van der Waals surface area contributed by atoms with Crippen LogP contribution in [0.4, 0.5) is 4.79 Å². The first-order valence-electron chi connectivity index (χ1n) is 11.4. The Bertz CT molecular complexity index is 1180. The molecule has 0 atom stereocenters. The van der Waals surface area contributed by atoms with Crippen molar-refractivity contribution in [3.63, 3.8) is 0 Å². The molecule has 1 aromatic heterocycles. The van der Waals surface area contributed by atoms with Gasteiger partial charge < -0.3 is 20.4 Å². The number of rotatable bonds is 4. The number of piperidine rings is 1. The minimum Gasteiger partial charge on any atom is -0.444 e. The molecular formula is C27H31N3O3. The predicted molar refractivity (Wildman–Crippen MR) is 132 cm³/mol. The van der Waals surface area contributed by atoms with Gasteiger partial charge in [0.15, 0.2) is 0 Å². The van der Waals surface area contributed by atoms with Gasteiger partial charge in [0.1, 0.15) is 5.60 Å². The van der Waals surface area contributed by atoms with Crippen molar-refractivity contribution in [2.24, 2.45) is 11.7 Å². The molecule has 0 spiro atoms. The van der Waals surface area contributed by atoms with Crippen molar-refractivity contribution in [2.45, 2.75) is 39.2 Å². The van der Waals surface area contributed by atoms with Gasteiger partial charge >= 0.3 is 6.09 Å². The van der Waals surface area contributed by atoms with Gasteiger partial charge in [-0.25, -0.2) is 4.79 Å². The summed E-state index contributed by atoms with van der Waals surface area (Å²) in [6, 6.07) is 13.9. The van der Waals surface area contributed by atoms with Crippen molar-refractivity contribution < 1.29 is 14.3 Å². The monoisotopic (exact) mass is 445 g/mol. The van der Waals surface area contributed by atoms with E-state index in [1.807, 2.05) is 63.4 Å². The third-order valence-corrected chi connectivity index (χ3v) is 5.93. The third-order valence-electron chi connectivity index (χ3n) is 5.93. The highest BCUT2D eigenvalue weighted by atomic mass is 16.6. The first-order chi connectivity index (χ1) is 15.7. The van der Waals surface area contributed by atoms with Gasteiger partial charge in [0.05, 0.1) is 11.1 Å². The number of nitrogens with zero attached hydrogens (tertiary/aromatic N) is 1. The molecule has 2 aromatic carbocycles. The number of carbonyl (C=O) groups is 2. The number of aromatic nitrogens is 1. The fraction of sp³-hybridized carbons (Fsp3) is 0.333. The summed E-state index contributed by atoms with van der Waals surface area (Å²) in [5.74, 6) is -0.0776. The maximum atomic E-state index is 12.3. The number of hydrogen-bond acceptors (Lipinski definition) is 3. The van der Waals surface area contributed by atoms with Crippen LogP contribution in [0.1, 0.15) is 49.5 Å². The molecule has 0 aliphatic carbocycles. The standard InChI is InChI=1S/C27H31N3O3/c1-27(2,3)33-26(32)30-13-11-18(12-14-30)9-10-20-17-29-24-22(20)15-21(16-23(24)25(28)31)19-7-5-4-6-8-19/h4-10,15-18,29H,11-14H2,1-3H3,(H2,28,31)/b10-9-. The number of hydrogen-bond donors (Lipinski definition) is 2. The van der Waals surface area contributed by atoms with Crippen LogP contribution in [0.15, 0.2) is 54.7 Å². The molecule has 6 nitrogen and oxygen atoms in total. The van der Waals surface area contributed by atoms with Crippen LogP contribution in [0.25, 0.3) is 28.1 Å². The summed E-state index contributed by atoms with van der Waals surface area (Å²) >= 11 is 0. The van der Waals surface area contributed by atoms with Crippen molar-refractivity contribution in [2.75, 3.05) is 13.1 Å². The molecule has 4 rings (SSSR count). The number of carbonyl (C=O) groups excluding carboxylic acids is 2. The van der Waals surface area contributed by atoms with E-state index in [1.54, 1.807) is 4.90 Å². The molecular weight excluding hydrogens is 414 g/mol. The lowest BCUT2D eigenvalue weighted by Gasteiger charge is -2.32. The Labute approximate surface area is 194 Å². The number of amides is 2. The lowest BCUT2D eigenvalue weighted by Crippen LogP contribution is -2.41. The van der Waals surface area contributed by atoms with Crippen molar-refractivity contribution in [1.29, 1.82) is 0 Å². The molecule has 172 valence electrons. The number of benzene rings is 2. The quantitative estimate of drug-likeness (QED) is 0.548. The van der Waals surface area contributed by atoms with E-state index in [0.717, 1.165) is 40.4 Å². The van der Waals surface area contributed by atoms with E-state index in [-0.39, 0.29) is 6.09 Å². The molecule has 3 aromatic rings. The number of fused-ring (bicyclic) bond motifs is 1. The van der Waals surface area contributed by atoms with Gasteiger partial charge in [-0.1, -0.05) is 42.5 Å². The topological polar surface area (TPSA) is 88.4 Å². The molecule has 3 N–H and O–H groups in total. The van der Waals surface area contributed by atoms with Crippen LogP contribution in [-0.4, -0.2) is 40.6 Å². The van der Waals surface area contributed by atoms with Crippen LogP contribution < -0.4 is 5.73 Å². The normalized spacial score (nSPS) is 15.3. The SMILES string of the molecule is CC(C)(C)OC(=O)N1CCC(/C=C\c2c[nH]c3c(C(N)=O)cc(-c4ccccc4)cc23)CC1. The zero-order valence-corrected chi connectivity index (χ0v) is 19.4. The molecule has 2 amide bonds. The Hall–Kier alpha value is -3.54. The average molecular weight is 446 g/mol. The van der Waals surface area contributed by atoms with E-state index in [2.05, 4.69) is 23.2 Å². The summed E-state index contributed by atoms with van der Waals surface area (Å²) in [5, 5.41) is 0.965. The maximum absolute atomic E-state index is 12.3. The first-order valence-corrected chi connectivity index (χ1v) is 11.4. The molecule has 6 heteroatoms. The second kappa shape index (κ2) is 9.14. The maximum Gasteiger partial charge on any atom is 0.410 e. The highest BCUT2D eigenvalue weighted by Crippen LogP contribution is 2.31. The molecule has 1 fully saturated rings. The van der Waals surface area contributed by atoms with E-state index in [9.17, 15) is 9.59 Å². The van der Waals surface area contributed by atoms with Crippen LogP contribution in [0.3, 0.4) is 0 Å². The third kappa shape index (κ3) is 5.28. The minimum atomic E-state index is -0.481. The molecule has 0 radical (unpaired) electrons. The summed E-state index contributed by atoms with van der Waals surface area (Å²) in [6.45, 7) is 7.01. The Morgan fingerprint density at radius 2 is 1.79 bits per heavy atom. The summed E-state index contributed by atoms with van der Waals surface area (Å²) in [6.07, 6.45) is 7.76. The predicted octanol–water partition coefficient (Wildman–Crippen LogP) is 5.59. The number of primary amides is 1. The number of allylic oxidation sites excluding steroid dienone is 1. The van der Waals surface area contributed by atoms with Gasteiger partial charge in [-0.3, -0.25) is 4.79 Å². The number of likely N-dealkylation sites (tertiary alicyclic amines) is 1. The van der Waals surface area contributed by atoms with Crippen LogP contribution in [-0.2, 0) is 4.74 Å². The number of nitrogens with one attached hydrogen (secondary N) is 1. The second-order valence-corrected chi connectivity index (χ2v) is 9.58. The highest BCUT2D eigenvalue weighted by Gasteiger charge is 2.26. The Morgan fingerprint density at radius 3 is 2.42 bits per heavy atom. The van der Waals surface area contributed by atoms with Crippen LogP contribution in [0.5, 0.6) is 0 Å². The lowest BCUT2D eigenvalue weighted by atomic mass is 9.95. The van der Waals surface area contributed by atoms with Crippen molar-refractivity contribution >= 4 is 29.0 Å². The Kier molecular flexibility index (Phi) is 6.27. The number of ether oxygens (including phenoxy) is 1. The van der Waals surface area contributed by atoms with Crippen molar-refractivity contribution in [3.8, 4) is 11.1 Å². The van der Waals surface area contributed by atoms with Crippen LogP contribution in [0.2, 0.25) is 0 Å². The van der Waals surface area contributed by atoms with Gasteiger partial charge in [0.2, 0.25) is 0 Å². The number of H-pyrrole nitrogens is 1. The number of aromatic amines is 1. The van der Waals surface area contributed by atoms with Crippen LogP contribution >= 0.6 is 0 Å². The number of nitrogens with two attached hydrogens (primary N) is 1. The average Bonchev–Trinajstić information content (AvgIpc) is 3.19. The Morgan fingerprint density at radius 1 is 1.09 bits per heavy atom. The summed E-state index contributed by atoms with van der Waals surface area (Å²) in [5.41, 5.74) is 9.44. The molecule has 1 aliphatic heterocycles. The first kappa shape index (κ1) is 22.6. The fourth-order valence-electron chi connectivity index (χ4n) is 4.22. The molecule has 1 aliphatic rings. The second-order valence-electron chi connectivity index (χ2n) is 9.58.